The highest BCUT2D eigenvalue weighted by Crippen LogP contribution is 2.23. The first-order valence-corrected chi connectivity index (χ1v) is 8.18. The minimum Gasteiger partial charge on any atom is -0.385 e. The summed E-state index contributed by atoms with van der Waals surface area (Å²) in [6.45, 7) is 12.0. The third kappa shape index (κ3) is 7.97. The van der Waals surface area contributed by atoms with Gasteiger partial charge in [0.1, 0.15) is 0 Å². The fourth-order valence-corrected chi connectivity index (χ4v) is 2.79. The average molecular weight is 426 g/mol. The van der Waals surface area contributed by atoms with Gasteiger partial charge >= 0.3 is 0 Å². The molecule has 0 spiro atoms. The summed E-state index contributed by atoms with van der Waals surface area (Å²) in [5.74, 6) is 1.69. The van der Waals surface area contributed by atoms with Gasteiger partial charge in [-0.15, -0.1) is 24.0 Å². The van der Waals surface area contributed by atoms with E-state index in [0.29, 0.717) is 0 Å². The van der Waals surface area contributed by atoms with Gasteiger partial charge in [0.05, 0.1) is 0 Å². The van der Waals surface area contributed by atoms with Gasteiger partial charge in [-0.1, -0.05) is 6.92 Å². The Balaban J connectivity index is 0.00000441. The quantitative estimate of drug-likeness (QED) is 0.284. The summed E-state index contributed by atoms with van der Waals surface area (Å²) in [6.07, 6.45) is 3.67. The maximum Gasteiger partial charge on any atom is 0.191 e. The maximum absolute atomic E-state index is 5.05. The normalized spacial score (nSPS) is 20.4. The Morgan fingerprint density at radius 2 is 2.09 bits per heavy atom. The molecule has 1 atom stereocenters. The van der Waals surface area contributed by atoms with Gasteiger partial charge in [-0.05, 0) is 45.6 Å². The molecule has 1 unspecified atom stereocenters. The van der Waals surface area contributed by atoms with Crippen molar-refractivity contribution in [2.45, 2.75) is 45.6 Å². The monoisotopic (exact) mass is 426 g/mol. The van der Waals surface area contributed by atoms with Crippen molar-refractivity contribution in [3.63, 3.8) is 0 Å². The van der Waals surface area contributed by atoms with Crippen LogP contribution in [-0.2, 0) is 4.74 Å². The summed E-state index contributed by atoms with van der Waals surface area (Å²) in [4.78, 5) is 6.89. The Kier molecular flexibility index (Phi) is 11.4. The zero-order valence-electron chi connectivity index (χ0n) is 14.9. The summed E-state index contributed by atoms with van der Waals surface area (Å²) in [7, 11) is 3.55. The molecule has 0 aromatic heterocycles. The van der Waals surface area contributed by atoms with Crippen LogP contribution in [0.4, 0.5) is 0 Å². The highest BCUT2D eigenvalue weighted by Gasteiger charge is 2.30. The maximum atomic E-state index is 5.05. The lowest BCUT2D eigenvalue weighted by Gasteiger charge is -2.43. The predicted molar refractivity (Wildman–Crippen MR) is 105 cm³/mol. The minimum atomic E-state index is 0. The Morgan fingerprint density at radius 3 is 2.68 bits per heavy atom. The fraction of sp³-hybridized carbons (Fsp3) is 0.938. The van der Waals surface area contributed by atoms with E-state index in [0.717, 1.165) is 38.0 Å². The van der Waals surface area contributed by atoms with Crippen molar-refractivity contribution < 1.29 is 4.74 Å². The Morgan fingerprint density at radius 1 is 1.36 bits per heavy atom. The van der Waals surface area contributed by atoms with E-state index in [1.807, 2.05) is 7.05 Å². The van der Waals surface area contributed by atoms with Crippen LogP contribution in [0.1, 0.15) is 40.0 Å². The molecule has 1 aliphatic rings. The number of halogens is 1. The van der Waals surface area contributed by atoms with Crippen LogP contribution in [0, 0.1) is 5.92 Å². The standard InChI is InChI=1S/C16H34N4O.HI/c1-14-8-6-10-20(12-14)16(2,3)13-19-15(17-4)18-9-7-11-21-5;/h14H,6-13H2,1-5H3,(H2,17,18,19);1H. The van der Waals surface area contributed by atoms with E-state index in [1.54, 1.807) is 7.11 Å². The van der Waals surface area contributed by atoms with Crippen LogP contribution in [0.2, 0.25) is 0 Å². The third-order valence-electron chi connectivity index (χ3n) is 4.24. The molecule has 0 saturated carbocycles. The number of hydrogen-bond donors (Lipinski definition) is 2. The van der Waals surface area contributed by atoms with Crippen LogP contribution >= 0.6 is 24.0 Å². The molecule has 5 nitrogen and oxygen atoms in total. The molecule has 1 rings (SSSR count). The molecular formula is C16H35IN4O. The number of likely N-dealkylation sites (tertiary alicyclic amines) is 1. The molecule has 22 heavy (non-hydrogen) atoms. The van der Waals surface area contributed by atoms with Crippen molar-refractivity contribution in [3.05, 3.63) is 0 Å². The molecule has 0 aromatic rings. The topological polar surface area (TPSA) is 48.9 Å². The number of nitrogens with one attached hydrogen (secondary N) is 2. The summed E-state index contributed by atoms with van der Waals surface area (Å²) in [6, 6.07) is 0. The number of aliphatic imine (C=N–C) groups is 1. The molecule has 6 heteroatoms. The molecule has 0 amide bonds. The van der Waals surface area contributed by atoms with Crippen molar-refractivity contribution >= 4 is 29.9 Å². The summed E-state index contributed by atoms with van der Waals surface area (Å²) < 4.78 is 5.05. The highest BCUT2D eigenvalue weighted by atomic mass is 127. The second kappa shape index (κ2) is 11.5. The van der Waals surface area contributed by atoms with E-state index in [2.05, 4.69) is 41.3 Å². The highest BCUT2D eigenvalue weighted by molar-refractivity contribution is 14.0. The first kappa shape index (κ1) is 21.9. The summed E-state index contributed by atoms with van der Waals surface area (Å²) in [5.41, 5.74) is 0.152. The molecule has 1 heterocycles. The van der Waals surface area contributed by atoms with Gasteiger partial charge in [0.15, 0.2) is 5.96 Å². The lowest BCUT2D eigenvalue weighted by molar-refractivity contribution is 0.0739. The second-order valence-electron chi connectivity index (χ2n) is 6.70. The lowest BCUT2D eigenvalue weighted by atomic mass is 9.93. The largest absolute Gasteiger partial charge is 0.385 e. The average Bonchev–Trinajstić information content (AvgIpc) is 2.46. The van der Waals surface area contributed by atoms with Crippen molar-refractivity contribution in [2.24, 2.45) is 10.9 Å². The number of hydrogen-bond acceptors (Lipinski definition) is 3. The molecule has 1 fully saturated rings. The Labute approximate surface area is 153 Å². The van der Waals surface area contributed by atoms with Gasteiger partial charge in [-0.3, -0.25) is 9.89 Å². The van der Waals surface area contributed by atoms with Gasteiger partial charge in [-0.25, -0.2) is 0 Å². The molecule has 1 saturated heterocycles. The lowest BCUT2D eigenvalue weighted by Crippen LogP contribution is -2.56. The van der Waals surface area contributed by atoms with Gasteiger partial charge < -0.3 is 15.4 Å². The molecule has 0 aliphatic carbocycles. The number of rotatable bonds is 7. The number of nitrogens with zero attached hydrogens (tertiary/aromatic N) is 2. The van der Waals surface area contributed by atoms with Crippen molar-refractivity contribution in [2.75, 3.05) is 46.9 Å². The summed E-state index contributed by atoms with van der Waals surface area (Å²) >= 11 is 0. The number of ether oxygens (including phenoxy) is 1. The number of piperidine rings is 1. The van der Waals surface area contributed by atoms with Gasteiger partial charge in [0.25, 0.3) is 0 Å². The van der Waals surface area contributed by atoms with Crippen LogP contribution in [0.5, 0.6) is 0 Å². The molecule has 132 valence electrons. The van der Waals surface area contributed by atoms with E-state index in [-0.39, 0.29) is 29.5 Å². The van der Waals surface area contributed by atoms with Crippen molar-refractivity contribution in [1.29, 1.82) is 0 Å². The van der Waals surface area contributed by atoms with Gasteiger partial charge in [-0.2, -0.15) is 0 Å². The van der Waals surface area contributed by atoms with Crippen LogP contribution < -0.4 is 10.6 Å². The Bertz CT molecular complexity index is 323. The van der Waals surface area contributed by atoms with Crippen LogP contribution in [0.15, 0.2) is 4.99 Å². The molecule has 0 radical (unpaired) electrons. The predicted octanol–water partition coefficient (Wildman–Crippen LogP) is 2.32. The minimum absolute atomic E-state index is 0. The van der Waals surface area contributed by atoms with Gasteiger partial charge in [0, 0.05) is 45.9 Å². The van der Waals surface area contributed by atoms with E-state index in [9.17, 15) is 0 Å². The van der Waals surface area contributed by atoms with Crippen molar-refractivity contribution in [1.82, 2.24) is 15.5 Å². The molecule has 1 aliphatic heterocycles. The molecule has 0 bridgehead atoms. The first-order valence-electron chi connectivity index (χ1n) is 8.18. The van der Waals surface area contributed by atoms with E-state index in [1.165, 1.54) is 25.9 Å². The third-order valence-corrected chi connectivity index (χ3v) is 4.24. The summed E-state index contributed by atoms with van der Waals surface area (Å²) in [5, 5.41) is 6.78. The van der Waals surface area contributed by atoms with E-state index < -0.39 is 0 Å². The molecule has 2 N–H and O–H groups in total. The van der Waals surface area contributed by atoms with Crippen LogP contribution in [-0.4, -0.2) is 63.3 Å². The Hall–Kier alpha value is -0.0800. The SMILES string of the molecule is CN=C(NCCCOC)NCC(C)(C)N1CCCC(C)C1.I. The zero-order valence-corrected chi connectivity index (χ0v) is 17.3. The van der Waals surface area contributed by atoms with E-state index >= 15 is 0 Å². The fourth-order valence-electron chi connectivity index (χ4n) is 2.79. The van der Waals surface area contributed by atoms with Gasteiger partial charge in [0.2, 0.25) is 0 Å². The number of methoxy groups -OCH3 is 1. The number of guanidine groups is 1. The van der Waals surface area contributed by atoms with Crippen LogP contribution in [0.3, 0.4) is 0 Å². The first-order chi connectivity index (χ1) is 9.99. The van der Waals surface area contributed by atoms with Crippen molar-refractivity contribution in [3.8, 4) is 0 Å². The second-order valence-corrected chi connectivity index (χ2v) is 6.70. The van der Waals surface area contributed by atoms with E-state index in [4.69, 9.17) is 4.74 Å². The van der Waals surface area contributed by atoms with Crippen LogP contribution in [0.25, 0.3) is 0 Å². The smallest absolute Gasteiger partial charge is 0.191 e. The molecule has 0 aromatic carbocycles. The zero-order chi connectivity index (χ0) is 15.7. The molecular weight excluding hydrogens is 391 g/mol.